The molecule has 0 saturated carbocycles. The normalized spacial score (nSPS) is 11.1. The SMILES string of the molecule is O=C(Nc1ccc(C(F)(F)F)cc1NCc1ccncc1)c1cccnc1. The molecular weight excluding hydrogens is 357 g/mol. The van der Waals surface area contributed by atoms with E-state index in [9.17, 15) is 18.0 Å². The van der Waals surface area contributed by atoms with Gasteiger partial charge in [-0.1, -0.05) is 0 Å². The Labute approximate surface area is 153 Å². The summed E-state index contributed by atoms with van der Waals surface area (Å²) in [6.07, 6.45) is 1.60. The van der Waals surface area contributed by atoms with Crippen molar-refractivity contribution in [2.45, 2.75) is 12.7 Å². The Hall–Kier alpha value is -3.42. The van der Waals surface area contributed by atoms with Gasteiger partial charge in [-0.3, -0.25) is 14.8 Å². The molecule has 0 bridgehead atoms. The van der Waals surface area contributed by atoms with Crippen LogP contribution in [0, 0.1) is 0 Å². The number of anilines is 2. The van der Waals surface area contributed by atoms with Gasteiger partial charge in [0.1, 0.15) is 0 Å². The first-order valence-corrected chi connectivity index (χ1v) is 7.99. The van der Waals surface area contributed by atoms with Crippen molar-refractivity contribution >= 4 is 17.3 Å². The number of halogens is 3. The second-order valence-corrected chi connectivity index (χ2v) is 5.66. The van der Waals surface area contributed by atoms with Crippen molar-refractivity contribution < 1.29 is 18.0 Å². The highest BCUT2D eigenvalue weighted by molar-refractivity contribution is 6.05. The fourth-order valence-electron chi connectivity index (χ4n) is 2.37. The van der Waals surface area contributed by atoms with Crippen LogP contribution >= 0.6 is 0 Å². The average molecular weight is 372 g/mol. The molecule has 0 spiro atoms. The molecule has 0 atom stereocenters. The summed E-state index contributed by atoms with van der Waals surface area (Å²) >= 11 is 0. The van der Waals surface area contributed by atoms with Crippen molar-refractivity contribution in [2.24, 2.45) is 0 Å². The van der Waals surface area contributed by atoms with Gasteiger partial charge >= 0.3 is 6.18 Å². The molecule has 0 saturated heterocycles. The Balaban J connectivity index is 1.86. The van der Waals surface area contributed by atoms with Gasteiger partial charge in [0.05, 0.1) is 22.5 Å². The smallest absolute Gasteiger partial charge is 0.379 e. The van der Waals surface area contributed by atoms with Crippen LogP contribution in [-0.2, 0) is 12.7 Å². The molecule has 0 fully saturated rings. The van der Waals surface area contributed by atoms with Crippen molar-refractivity contribution in [3.63, 3.8) is 0 Å². The highest BCUT2D eigenvalue weighted by Crippen LogP contribution is 2.34. The van der Waals surface area contributed by atoms with Gasteiger partial charge in [0.25, 0.3) is 5.91 Å². The number of carbonyl (C=O) groups is 1. The molecule has 3 aromatic rings. The van der Waals surface area contributed by atoms with Gasteiger partial charge in [0.15, 0.2) is 0 Å². The highest BCUT2D eigenvalue weighted by Gasteiger charge is 2.31. The summed E-state index contributed by atoms with van der Waals surface area (Å²) in [5.74, 6) is -0.463. The number of rotatable bonds is 5. The van der Waals surface area contributed by atoms with E-state index in [0.29, 0.717) is 5.56 Å². The van der Waals surface area contributed by atoms with Gasteiger partial charge in [0.2, 0.25) is 0 Å². The molecule has 2 aromatic heterocycles. The molecule has 27 heavy (non-hydrogen) atoms. The fraction of sp³-hybridized carbons (Fsp3) is 0.105. The molecule has 8 heteroatoms. The number of aromatic nitrogens is 2. The number of nitrogens with one attached hydrogen (secondary N) is 2. The monoisotopic (exact) mass is 372 g/mol. The Kier molecular flexibility index (Phi) is 5.35. The number of hydrogen-bond acceptors (Lipinski definition) is 4. The van der Waals surface area contributed by atoms with Crippen LogP contribution < -0.4 is 10.6 Å². The van der Waals surface area contributed by atoms with Crippen molar-refractivity contribution in [1.29, 1.82) is 0 Å². The van der Waals surface area contributed by atoms with E-state index in [4.69, 9.17) is 0 Å². The first-order chi connectivity index (χ1) is 12.9. The Morgan fingerprint density at radius 2 is 1.74 bits per heavy atom. The van der Waals surface area contributed by atoms with Crippen LogP contribution in [0.5, 0.6) is 0 Å². The average Bonchev–Trinajstić information content (AvgIpc) is 2.68. The molecule has 0 unspecified atom stereocenters. The van der Waals surface area contributed by atoms with Crippen LogP contribution in [0.15, 0.2) is 67.3 Å². The second kappa shape index (κ2) is 7.86. The predicted molar refractivity (Wildman–Crippen MR) is 95.2 cm³/mol. The van der Waals surface area contributed by atoms with Crippen molar-refractivity contribution in [3.8, 4) is 0 Å². The van der Waals surface area contributed by atoms with Crippen LogP contribution in [-0.4, -0.2) is 15.9 Å². The lowest BCUT2D eigenvalue weighted by Crippen LogP contribution is -2.15. The van der Waals surface area contributed by atoms with Gasteiger partial charge in [-0.25, -0.2) is 0 Å². The van der Waals surface area contributed by atoms with E-state index in [2.05, 4.69) is 20.6 Å². The third-order valence-electron chi connectivity index (χ3n) is 3.75. The van der Waals surface area contributed by atoms with Gasteiger partial charge in [-0.15, -0.1) is 0 Å². The van der Waals surface area contributed by atoms with Gasteiger partial charge < -0.3 is 10.6 Å². The number of hydrogen-bond donors (Lipinski definition) is 2. The summed E-state index contributed by atoms with van der Waals surface area (Å²) in [7, 11) is 0. The zero-order chi connectivity index (χ0) is 19.3. The summed E-state index contributed by atoms with van der Waals surface area (Å²) in [4.78, 5) is 20.1. The summed E-state index contributed by atoms with van der Waals surface area (Å²) in [6.45, 7) is 0.277. The number of alkyl halides is 3. The molecule has 1 amide bonds. The van der Waals surface area contributed by atoms with Crippen LogP contribution in [0.25, 0.3) is 0 Å². The maximum Gasteiger partial charge on any atom is 0.416 e. The Morgan fingerprint density at radius 1 is 0.963 bits per heavy atom. The summed E-state index contributed by atoms with van der Waals surface area (Å²) in [6, 6.07) is 9.78. The minimum absolute atomic E-state index is 0.166. The van der Waals surface area contributed by atoms with Crippen molar-refractivity contribution in [3.05, 3.63) is 83.9 Å². The predicted octanol–water partition coefficient (Wildman–Crippen LogP) is 4.36. The van der Waals surface area contributed by atoms with Crippen molar-refractivity contribution in [2.75, 3.05) is 10.6 Å². The number of pyridine rings is 2. The zero-order valence-corrected chi connectivity index (χ0v) is 14.0. The quantitative estimate of drug-likeness (QED) is 0.698. The van der Waals surface area contributed by atoms with Crippen LogP contribution in [0.4, 0.5) is 24.5 Å². The number of amides is 1. The van der Waals surface area contributed by atoms with Crippen LogP contribution in [0.2, 0.25) is 0 Å². The summed E-state index contributed by atoms with van der Waals surface area (Å²) < 4.78 is 39.2. The molecule has 5 nitrogen and oxygen atoms in total. The number of benzene rings is 1. The van der Waals surface area contributed by atoms with Crippen LogP contribution in [0.3, 0.4) is 0 Å². The molecule has 2 heterocycles. The van der Waals surface area contributed by atoms with E-state index in [1.54, 1.807) is 36.7 Å². The largest absolute Gasteiger partial charge is 0.416 e. The van der Waals surface area contributed by atoms with E-state index in [1.807, 2.05) is 0 Å². The Bertz CT molecular complexity index is 915. The third kappa shape index (κ3) is 4.81. The lowest BCUT2D eigenvalue weighted by atomic mass is 10.1. The van der Waals surface area contributed by atoms with E-state index in [-0.39, 0.29) is 17.9 Å². The molecule has 0 aliphatic carbocycles. The van der Waals surface area contributed by atoms with Crippen LogP contribution in [0.1, 0.15) is 21.5 Å². The van der Waals surface area contributed by atoms with Crippen molar-refractivity contribution in [1.82, 2.24) is 9.97 Å². The molecule has 0 radical (unpaired) electrons. The number of carbonyl (C=O) groups excluding carboxylic acids is 1. The molecule has 138 valence electrons. The molecule has 2 N–H and O–H groups in total. The summed E-state index contributed by atoms with van der Waals surface area (Å²) in [5, 5.41) is 5.56. The van der Waals surface area contributed by atoms with Gasteiger partial charge in [0, 0.05) is 31.3 Å². The minimum Gasteiger partial charge on any atom is -0.379 e. The van der Waals surface area contributed by atoms with E-state index >= 15 is 0 Å². The molecule has 3 rings (SSSR count). The first kappa shape index (κ1) is 18.4. The van der Waals surface area contributed by atoms with E-state index in [1.165, 1.54) is 18.5 Å². The number of nitrogens with zero attached hydrogens (tertiary/aromatic N) is 2. The molecule has 1 aromatic carbocycles. The minimum atomic E-state index is -4.49. The summed E-state index contributed by atoms with van der Waals surface area (Å²) in [5.41, 5.74) is 0.744. The lowest BCUT2D eigenvalue weighted by Gasteiger charge is -2.16. The van der Waals surface area contributed by atoms with E-state index in [0.717, 1.165) is 17.7 Å². The molecule has 0 aliphatic rings. The topological polar surface area (TPSA) is 66.9 Å². The standard InChI is InChI=1S/C19H15F3N4O/c20-19(21,22)15-3-4-16(26-18(27)14-2-1-7-24-12-14)17(10-15)25-11-13-5-8-23-9-6-13/h1-10,12,25H,11H2,(H,26,27). The lowest BCUT2D eigenvalue weighted by molar-refractivity contribution is -0.137. The molecule has 0 aliphatic heterocycles. The maximum atomic E-state index is 13.1. The first-order valence-electron chi connectivity index (χ1n) is 7.99. The maximum absolute atomic E-state index is 13.1. The Morgan fingerprint density at radius 3 is 2.41 bits per heavy atom. The van der Waals surface area contributed by atoms with Gasteiger partial charge in [-0.05, 0) is 48.0 Å². The van der Waals surface area contributed by atoms with E-state index < -0.39 is 17.6 Å². The fourth-order valence-corrected chi connectivity index (χ4v) is 2.37. The zero-order valence-electron chi connectivity index (χ0n) is 14.0. The third-order valence-corrected chi connectivity index (χ3v) is 3.75. The second-order valence-electron chi connectivity index (χ2n) is 5.66. The highest BCUT2D eigenvalue weighted by atomic mass is 19.4. The van der Waals surface area contributed by atoms with Gasteiger partial charge in [-0.2, -0.15) is 13.2 Å². The molecular formula is C19H15F3N4O.